The van der Waals surface area contributed by atoms with Gasteiger partial charge in [-0.1, -0.05) is 35.9 Å². The van der Waals surface area contributed by atoms with E-state index in [9.17, 15) is 4.79 Å². The third-order valence-corrected chi connectivity index (χ3v) is 5.90. The van der Waals surface area contributed by atoms with Gasteiger partial charge in [-0.05, 0) is 41.5 Å². The maximum absolute atomic E-state index is 13.0. The highest BCUT2D eigenvalue weighted by Gasteiger charge is 2.21. The van der Waals surface area contributed by atoms with Gasteiger partial charge >= 0.3 is 6.03 Å². The van der Waals surface area contributed by atoms with E-state index in [2.05, 4.69) is 5.32 Å². The molecular formula is C26H27ClN2O5. The third kappa shape index (κ3) is 5.73. The standard InChI is InChI=1S/C26H27ClN2O5/c1-31-21-8-9-23(25(14-21)32-2)28-26(30)29-11-12-34-24-10-7-18(13-20(24)15-29)16-33-17-19-5-3-4-6-22(19)27/h3-10,13-14H,11-12,15-17H2,1-2H3,(H,28,30). The monoisotopic (exact) mass is 482 g/mol. The average Bonchev–Trinajstić information content (AvgIpc) is 3.07. The van der Waals surface area contributed by atoms with E-state index in [4.69, 9.17) is 30.5 Å². The molecule has 8 heteroatoms. The minimum Gasteiger partial charge on any atom is -0.497 e. The second-order valence-corrected chi connectivity index (χ2v) is 8.20. The predicted molar refractivity (Wildman–Crippen MR) is 131 cm³/mol. The van der Waals surface area contributed by atoms with Gasteiger partial charge in [0.25, 0.3) is 0 Å². The number of anilines is 1. The summed E-state index contributed by atoms with van der Waals surface area (Å²) < 4.78 is 22.4. The number of carbonyl (C=O) groups excluding carboxylic acids is 1. The molecule has 0 fully saturated rings. The molecule has 0 saturated heterocycles. The highest BCUT2D eigenvalue weighted by atomic mass is 35.5. The minimum absolute atomic E-state index is 0.236. The summed E-state index contributed by atoms with van der Waals surface area (Å²) in [5, 5.41) is 3.62. The van der Waals surface area contributed by atoms with Crippen LogP contribution in [0.3, 0.4) is 0 Å². The molecule has 1 aliphatic heterocycles. The molecule has 0 atom stereocenters. The first-order valence-electron chi connectivity index (χ1n) is 10.9. The zero-order valence-electron chi connectivity index (χ0n) is 19.2. The summed E-state index contributed by atoms with van der Waals surface area (Å²) in [6.07, 6.45) is 0. The Hall–Kier alpha value is -3.42. The van der Waals surface area contributed by atoms with Gasteiger partial charge in [-0.2, -0.15) is 0 Å². The Morgan fingerprint density at radius 2 is 1.91 bits per heavy atom. The lowest BCUT2D eigenvalue weighted by Crippen LogP contribution is -2.36. The van der Waals surface area contributed by atoms with Gasteiger partial charge in [-0.25, -0.2) is 4.79 Å². The Labute approximate surface area is 204 Å². The Kier molecular flexibility index (Phi) is 7.77. The number of urea groups is 1. The number of nitrogens with zero attached hydrogens (tertiary/aromatic N) is 1. The van der Waals surface area contributed by atoms with Crippen LogP contribution >= 0.6 is 11.6 Å². The predicted octanol–water partition coefficient (Wildman–Crippen LogP) is 5.50. The van der Waals surface area contributed by atoms with Gasteiger partial charge in [-0.15, -0.1) is 0 Å². The second kappa shape index (κ2) is 11.1. The number of hydrogen-bond acceptors (Lipinski definition) is 5. The van der Waals surface area contributed by atoms with Crippen molar-refractivity contribution in [1.82, 2.24) is 4.90 Å². The van der Waals surface area contributed by atoms with Gasteiger partial charge in [0.2, 0.25) is 0 Å². The molecule has 178 valence electrons. The Morgan fingerprint density at radius 3 is 2.71 bits per heavy atom. The van der Waals surface area contributed by atoms with Crippen LogP contribution in [-0.4, -0.2) is 38.3 Å². The molecule has 0 radical (unpaired) electrons. The third-order valence-electron chi connectivity index (χ3n) is 5.53. The highest BCUT2D eigenvalue weighted by molar-refractivity contribution is 6.31. The molecule has 34 heavy (non-hydrogen) atoms. The average molecular weight is 483 g/mol. The molecular weight excluding hydrogens is 456 g/mol. The lowest BCUT2D eigenvalue weighted by Gasteiger charge is -2.21. The summed E-state index contributed by atoms with van der Waals surface area (Å²) in [5.74, 6) is 1.94. The summed E-state index contributed by atoms with van der Waals surface area (Å²) in [5.41, 5.74) is 3.43. The van der Waals surface area contributed by atoms with Crippen molar-refractivity contribution in [1.29, 1.82) is 0 Å². The summed E-state index contributed by atoms with van der Waals surface area (Å²) in [4.78, 5) is 14.7. The summed E-state index contributed by atoms with van der Waals surface area (Å²) in [6, 6.07) is 18.6. The second-order valence-electron chi connectivity index (χ2n) is 7.79. The summed E-state index contributed by atoms with van der Waals surface area (Å²) in [6.45, 7) is 2.12. The van der Waals surface area contributed by atoms with Crippen molar-refractivity contribution in [2.75, 3.05) is 32.7 Å². The number of benzene rings is 3. The van der Waals surface area contributed by atoms with E-state index in [0.29, 0.717) is 55.1 Å². The van der Waals surface area contributed by atoms with Crippen LogP contribution in [0.1, 0.15) is 16.7 Å². The van der Waals surface area contributed by atoms with E-state index in [1.165, 1.54) is 0 Å². The van der Waals surface area contributed by atoms with Crippen molar-refractivity contribution in [2.45, 2.75) is 19.8 Å². The Morgan fingerprint density at radius 1 is 1.06 bits per heavy atom. The number of fused-ring (bicyclic) bond motifs is 1. The van der Waals surface area contributed by atoms with Crippen LogP contribution < -0.4 is 19.5 Å². The van der Waals surface area contributed by atoms with Gasteiger partial charge in [0.1, 0.15) is 23.9 Å². The first-order valence-corrected chi connectivity index (χ1v) is 11.3. The molecule has 0 unspecified atom stereocenters. The van der Waals surface area contributed by atoms with Crippen LogP contribution in [0.25, 0.3) is 0 Å². The largest absolute Gasteiger partial charge is 0.497 e. The molecule has 0 saturated carbocycles. The molecule has 2 amide bonds. The number of methoxy groups -OCH3 is 2. The van der Waals surface area contributed by atoms with Crippen LogP contribution in [0.4, 0.5) is 10.5 Å². The van der Waals surface area contributed by atoms with Gasteiger partial charge in [0.05, 0.1) is 46.2 Å². The first kappa shape index (κ1) is 23.7. The fourth-order valence-corrected chi connectivity index (χ4v) is 3.89. The van der Waals surface area contributed by atoms with Crippen LogP contribution in [0.2, 0.25) is 5.02 Å². The van der Waals surface area contributed by atoms with Crippen molar-refractivity contribution >= 4 is 23.3 Å². The maximum atomic E-state index is 13.0. The SMILES string of the molecule is COc1ccc(NC(=O)N2CCOc3ccc(COCc4ccccc4Cl)cc3C2)c(OC)c1. The fraction of sp³-hybridized carbons (Fsp3) is 0.269. The topological polar surface area (TPSA) is 69.3 Å². The van der Waals surface area contributed by atoms with Gasteiger partial charge in [-0.3, -0.25) is 0 Å². The molecule has 1 N–H and O–H groups in total. The van der Waals surface area contributed by atoms with Crippen LogP contribution in [0.15, 0.2) is 60.7 Å². The lowest BCUT2D eigenvalue weighted by molar-refractivity contribution is 0.107. The van der Waals surface area contributed by atoms with E-state index in [0.717, 1.165) is 22.4 Å². The molecule has 0 aromatic heterocycles. The number of hydrogen-bond donors (Lipinski definition) is 1. The van der Waals surface area contributed by atoms with Gasteiger partial charge in [0.15, 0.2) is 0 Å². The first-order chi connectivity index (χ1) is 16.6. The summed E-state index contributed by atoms with van der Waals surface area (Å²) >= 11 is 6.20. The normalized spacial score (nSPS) is 12.9. The smallest absolute Gasteiger partial charge is 0.322 e. The summed E-state index contributed by atoms with van der Waals surface area (Å²) in [7, 11) is 3.13. The number of amides is 2. The highest BCUT2D eigenvalue weighted by Crippen LogP contribution is 2.30. The molecule has 3 aromatic rings. The van der Waals surface area contributed by atoms with Gasteiger partial charge in [0, 0.05) is 16.7 Å². The van der Waals surface area contributed by atoms with Crippen molar-refractivity contribution in [2.24, 2.45) is 0 Å². The molecule has 3 aromatic carbocycles. The minimum atomic E-state index is -0.236. The van der Waals surface area contributed by atoms with Crippen molar-refractivity contribution in [3.63, 3.8) is 0 Å². The van der Waals surface area contributed by atoms with Crippen LogP contribution in [-0.2, 0) is 24.5 Å². The molecule has 1 heterocycles. The fourth-order valence-electron chi connectivity index (χ4n) is 3.70. The van der Waals surface area contributed by atoms with Crippen molar-refractivity contribution in [3.05, 3.63) is 82.4 Å². The number of halogens is 1. The molecule has 0 aliphatic carbocycles. The van der Waals surface area contributed by atoms with E-state index in [1.807, 2.05) is 42.5 Å². The molecule has 0 spiro atoms. The number of carbonyl (C=O) groups is 1. The van der Waals surface area contributed by atoms with Crippen molar-refractivity contribution in [3.8, 4) is 17.2 Å². The molecule has 1 aliphatic rings. The molecule has 0 bridgehead atoms. The van der Waals surface area contributed by atoms with Crippen molar-refractivity contribution < 1.29 is 23.7 Å². The Bertz CT molecular complexity index is 1150. The number of ether oxygens (including phenoxy) is 4. The Balaban J connectivity index is 1.41. The maximum Gasteiger partial charge on any atom is 0.322 e. The van der Waals surface area contributed by atoms with Gasteiger partial charge < -0.3 is 29.2 Å². The van der Waals surface area contributed by atoms with Crippen LogP contribution in [0.5, 0.6) is 17.2 Å². The number of nitrogens with one attached hydrogen (secondary N) is 1. The van der Waals surface area contributed by atoms with Crippen LogP contribution in [0, 0.1) is 0 Å². The van der Waals surface area contributed by atoms with E-state index < -0.39 is 0 Å². The molecule has 7 nitrogen and oxygen atoms in total. The zero-order valence-corrected chi connectivity index (χ0v) is 19.9. The molecule has 4 rings (SSSR count). The zero-order chi connectivity index (χ0) is 23.9. The van der Waals surface area contributed by atoms with E-state index in [-0.39, 0.29) is 6.03 Å². The van der Waals surface area contributed by atoms with E-state index >= 15 is 0 Å². The number of rotatable bonds is 7. The quantitative estimate of drug-likeness (QED) is 0.481. The lowest BCUT2D eigenvalue weighted by atomic mass is 10.1. The van der Waals surface area contributed by atoms with E-state index in [1.54, 1.807) is 37.3 Å².